The van der Waals surface area contributed by atoms with Gasteiger partial charge >= 0.3 is 6.18 Å². The molecule has 0 amide bonds. The molecule has 1 nitrogen and oxygen atoms in total. The molecule has 6 heteroatoms. The van der Waals surface area contributed by atoms with Crippen LogP contribution in [-0.2, 0) is 0 Å². The van der Waals surface area contributed by atoms with Crippen LogP contribution in [0.3, 0.4) is 0 Å². The molecular formula is C8H4BrF4N. The van der Waals surface area contributed by atoms with Crippen LogP contribution in [0.2, 0.25) is 0 Å². The number of para-hydroxylation sites is 1. The molecule has 0 aliphatic rings. The molecule has 0 N–H and O–H groups in total. The fraction of sp³-hybridized carbons (Fsp3) is 0.125. The van der Waals surface area contributed by atoms with Crippen LogP contribution in [0.15, 0.2) is 29.3 Å². The van der Waals surface area contributed by atoms with Gasteiger partial charge in [-0.3, -0.25) is 0 Å². The Balaban J connectivity index is 3.04. The van der Waals surface area contributed by atoms with Crippen LogP contribution < -0.4 is 0 Å². The average molecular weight is 270 g/mol. The monoisotopic (exact) mass is 269 g/mol. The highest BCUT2D eigenvalue weighted by Crippen LogP contribution is 2.26. The molecule has 0 aliphatic heterocycles. The third kappa shape index (κ3) is 2.80. The Labute approximate surface area is 85.6 Å². The van der Waals surface area contributed by atoms with Crippen molar-refractivity contribution < 1.29 is 17.6 Å². The summed E-state index contributed by atoms with van der Waals surface area (Å²) in [6, 6.07) is 4.96. The number of aliphatic imine (C=N–C) groups is 1. The molecule has 1 aromatic carbocycles. The maximum Gasteiger partial charge on any atom is 0.440 e. The van der Waals surface area contributed by atoms with Crippen LogP contribution in [0.5, 0.6) is 0 Å². The summed E-state index contributed by atoms with van der Waals surface area (Å²) in [7, 11) is 0. The van der Waals surface area contributed by atoms with Gasteiger partial charge in [-0.15, -0.1) is 0 Å². The number of alkyl halides is 3. The van der Waals surface area contributed by atoms with Gasteiger partial charge in [0.2, 0.25) is 0 Å². The Bertz CT molecular complexity index is 359. The number of rotatable bonds is 1. The van der Waals surface area contributed by atoms with E-state index in [9.17, 15) is 17.6 Å². The highest BCUT2D eigenvalue weighted by Gasteiger charge is 2.34. The van der Waals surface area contributed by atoms with Crippen molar-refractivity contribution >= 4 is 26.2 Å². The summed E-state index contributed by atoms with van der Waals surface area (Å²) in [5.41, 5.74) is -0.350. The highest BCUT2D eigenvalue weighted by molar-refractivity contribution is 9.18. The zero-order chi connectivity index (χ0) is 10.8. The second kappa shape index (κ2) is 4.08. The minimum Gasteiger partial charge on any atom is -0.234 e. The lowest BCUT2D eigenvalue weighted by Crippen LogP contribution is -2.16. The Hall–Kier alpha value is -0.910. The molecule has 0 radical (unpaired) electrons. The fourth-order valence-electron chi connectivity index (χ4n) is 0.712. The van der Waals surface area contributed by atoms with Crippen molar-refractivity contribution in [1.29, 1.82) is 0 Å². The van der Waals surface area contributed by atoms with E-state index >= 15 is 0 Å². The van der Waals surface area contributed by atoms with Gasteiger partial charge in [0.15, 0.2) is 4.62 Å². The summed E-state index contributed by atoms with van der Waals surface area (Å²) in [6.45, 7) is 0. The van der Waals surface area contributed by atoms with E-state index in [4.69, 9.17) is 0 Å². The van der Waals surface area contributed by atoms with Crippen LogP contribution in [-0.4, -0.2) is 10.8 Å². The van der Waals surface area contributed by atoms with Gasteiger partial charge in [-0.1, -0.05) is 12.1 Å². The molecule has 0 atom stereocenters. The van der Waals surface area contributed by atoms with Gasteiger partial charge < -0.3 is 0 Å². The molecule has 14 heavy (non-hydrogen) atoms. The third-order valence-electron chi connectivity index (χ3n) is 1.30. The van der Waals surface area contributed by atoms with Crippen molar-refractivity contribution in [2.24, 2.45) is 4.99 Å². The van der Waals surface area contributed by atoms with Crippen molar-refractivity contribution in [3.8, 4) is 0 Å². The number of nitrogens with zero attached hydrogens (tertiary/aromatic N) is 1. The van der Waals surface area contributed by atoms with E-state index in [1.165, 1.54) is 12.1 Å². The summed E-state index contributed by atoms with van der Waals surface area (Å²) < 4.78 is 47.5. The quantitative estimate of drug-likeness (QED) is 0.543. The number of halogens is 5. The molecule has 0 aliphatic carbocycles. The van der Waals surface area contributed by atoms with Crippen molar-refractivity contribution in [2.75, 3.05) is 0 Å². The van der Waals surface area contributed by atoms with Crippen LogP contribution in [0.1, 0.15) is 0 Å². The number of hydrogen-bond donors (Lipinski definition) is 0. The first-order valence-corrected chi connectivity index (χ1v) is 4.26. The third-order valence-corrected chi connectivity index (χ3v) is 1.93. The molecule has 0 saturated heterocycles. The first kappa shape index (κ1) is 11.2. The second-order valence-electron chi connectivity index (χ2n) is 2.35. The van der Waals surface area contributed by atoms with Gasteiger partial charge in [0.25, 0.3) is 0 Å². The zero-order valence-corrected chi connectivity index (χ0v) is 8.23. The van der Waals surface area contributed by atoms with Crippen LogP contribution in [0.4, 0.5) is 23.2 Å². The Morgan fingerprint density at radius 3 is 2.29 bits per heavy atom. The minimum absolute atomic E-state index is 0.350. The Morgan fingerprint density at radius 2 is 1.79 bits per heavy atom. The Kier molecular flexibility index (Phi) is 3.25. The topological polar surface area (TPSA) is 12.4 Å². The molecule has 0 heterocycles. The van der Waals surface area contributed by atoms with Crippen molar-refractivity contribution in [1.82, 2.24) is 0 Å². The maximum absolute atomic E-state index is 12.8. The summed E-state index contributed by atoms with van der Waals surface area (Å²) in [5, 5.41) is 0. The molecular weight excluding hydrogens is 266 g/mol. The van der Waals surface area contributed by atoms with Crippen molar-refractivity contribution in [2.45, 2.75) is 6.18 Å². The molecule has 0 saturated carbocycles. The second-order valence-corrected chi connectivity index (χ2v) is 3.10. The fourth-order valence-corrected chi connectivity index (χ4v) is 0.903. The van der Waals surface area contributed by atoms with Gasteiger partial charge in [0, 0.05) is 0 Å². The van der Waals surface area contributed by atoms with Crippen molar-refractivity contribution in [3.05, 3.63) is 30.1 Å². The molecule has 0 fully saturated rings. The lowest BCUT2D eigenvalue weighted by atomic mass is 10.3. The van der Waals surface area contributed by atoms with E-state index in [1.807, 2.05) is 0 Å². The summed E-state index contributed by atoms with van der Waals surface area (Å²) >= 11 is 2.23. The first-order chi connectivity index (χ1) is 6.41. The predicted molar refractivity (Wildman–Crippen MR) is 48.5 cm³/mol. The van der Waals surface area contributed by atoms with E-state index in [-0.39, 0.29) is 5.69 Å². The number of benzene rings is 1. The van der Waals surface area contributed by atoms with Gasteiger partial charge in [-0.25, -0.2) is 9.38 Å². The first-order valence-electron chi connectivity index (χ1n) is 3.47. The van der Waals surface area contributed by atoms with Crippen LogP contribution in [0.25, 0.3) is 0 Å². The Morgan fingerprint density at radius 1 is 1.21 bits per heavy atom. The van der Waals surface area contributed by atoms with E-state index < -0.39 is 16.6 Å². The zero-order valence-electron chi connectivity index (χ0n) is 6.65. The standard InChI is InChI=1S/C8H4BrF4N/c9-7(8(11,12)13)14-6-4-2-1-3-5(6)10/h1-4H. The highest BCUT2D eigenvalue weighted by atomic mass is 79.9. The van der Waals surface area contributed by atoms with E-state index in [0.717, 1.165) is 12.1 Å². The van der Waals surface area contributed by atoms with Crippen LogP contribution in [0, 0.1) is 5.82 Å². The van der Waals surface area contributed by atoms with E-state index in [1.54, 1.807) is 0 Å². The largest absolute Gasteiger partial charge is 0.440 e. The molecule has 1 rings (SSSR count). The summed E-state index contributed by atoms with van der Waals surface area (Å²) in [4.78, 5) is 3.06. The summed E-state index contributed by atoms with van der Waals surface area (Å²) in [6.07, 6.45) is -4.59. The SMILES string of the molecule is Fc1ccccc1N=C(Br)C(F)(F)F. The smallest absolute Gasteiger partial charge is 0.234 e. The molecule has 0 unspecified atom stereocenters. The predicted octanol–water partition coefficient (Wildman–Crippen LogP) is 3.81. The van der Waals surface area contributed by atoms with Gasteiger partial charge in [-0.2, -0.15) is 13.2 Å². The molecule has 0 spiro atoms. The lowest BCUT2D eigenvalue weighted by Gasteiger charge is -2.03. The minimum atomic E-state index is -4.59. The molecule has 76 valence electrons. The van der Waals surface area contributed by atoms with Gasteiger partial charge in [-0.05, 0) is 28.1 Å². The average Bonchev–Trinajstić information content (AvgIpc) is 2.07. The normalized spacial score (nSPS) is 13.1. The maximum atomic E-state index is 12.8. The van der Waals surface area contributed by atoms with E-state index in [2.05, 4.69) is 20.9 Å². The molecule has 0 bridgehead atoms. The number of hydrogen-bond acceptors (Lipinski definition) is 1. The molecule has 0 aromatic heterocycles. The summed E-state index contributed by atoms with van der Waals surface area (Å²) in [5.74, 6) is -0.797. The van der Waals surface area contributed by atoms with Crippen LogP contribution >= 0.6 is 15.9 Å². The van der Waals surface area contributed by atoms with Gasteiger partial charge in [0.05, 0.1) is 5.69 Å². The lowest BCUT2D eigenvalue weighted by molar-refractivity contribution is -0.0550. The van der Waals surface area contributed by atoms with E-state index in [0.29, 0.717) is 0 Å². The van der Waals surface area contributed by atoms with Gasteiger partial charge in [0.1, 0.15) is 5.82 Å². The van der Waals surface area contributed by atoms with Crippen molar-refractivity contribution in [3.63, 3.8) is 0 Å². The molecule has 1 aromatic rings.